The Morgan fingerprint density at radius 3 is 2.94 bits per heavy atom. The lowest BCUT2D eigenvalue weighted by molar-refractivity contribution is -0.119. The summed E-state index contributed by atoms with van der Waals surface area (Å²) in [6, 6.07) is 0. The van der Waals surface area contributed by atoms with E-state index in [0.717, 1.165) is 31.8 Å². The van der Waals surface area contributed by atoms with Crippen LogP contribution in [-0.2, 0) is 9.53 Å². The van der Waals surface area contributed by atoms with Gasteiger partial charge in [-0.1, -0.05) is 25.5 Å². The molecule has 1 rings (SSSR count). The summed E-state index contributed by atoms with van der Waals surface area (Å²) < 4.78 is 5.65. The van der Waals surface area contributed by atoms with Crippen molar-refractivity contribution in [2.24, 2.45) is 11.8 Å². The maximum atomic E-state index is 10.9. The van der Waals surface area contributed by atoms with Gasteiger partial charge in [-0.3, -0.25) is 4.79 Å². The summed E-state index contributed by atoms with van der Waals surface area (Å²) in [4.78, 5) is 10.9. The molecule has 1 unspecified atom stereocenters. The van der Waals surface area contributed by atoms with E-state index in [-0.39, 0.29) is 5.91 Å². The van der Waals surface area contributed by atoms with Gasteiger partial charge in [-0.15, -0.1) is 0 Å². The van der Waals surface area contributed by atoms with E-state index in [1.54, 1.807) is 6.92 Å². The average molecular weight is 251 g/mol. The van der Waals surface area contributed by atoms with Crippen LogP contribution in [0.2, 0.25) is 0 Å². The molecule has 0 aromatic heterocycles. The van der Waals surface area contributed by atoms with Crippen molar-refractivity contribution in [2.45, 2.75) is 40.5 Å². The topological polar surface area (TPSA) is 38.3 Å². The lowest BCUT2D eigenvalue weighted by atomic mass is 9.95. The molecule has 1 N–H and O–H groups in total. The first kappa shape index (κ1) is 14.8. The van der Waals surface area contributed by atoms with Crippen molar-refractivity contribution in [2.75, 3.05) is 13.2 Å². The van der Waals surface area contributed by atoms with Gasteiger partial charge in [0.05, 0.1) is 12.4 Å². The zero-order chi connectivity index (χ0) is 13.5. The Bertz CT molecular complexity index is 344. The maximum Gasteiger partial charge on any atom is 0.216 e. The van der Waals surface area contributed by atoms with Gasteiger partial charge < -0.3 is 10.1 Å². The Hall–Kier alpha value is -1.25. The Labute approximate surface area is 110 Å². The monoisotopic (exact) mass is 251 g/mol. The van der Waals surface area contributed by atoms with Crippen LogP contribution in [0.1, 0.15) is 40.5 Å². The van der Waals surface area contributed by atoms with E-state index in [1.165, 1.54) is 5.57 Å². The number of carbonyl (C=O) groups excluding carboxylic acids is 1. The summed E-state index contributed by atoms with van der Waals surface area (Å²) in [6.07, 6.45) is 6.57. The molecule has 3 nitrogen and oxygen atoms in total. The summed E-state index contributed by atoms with van der Waals surface area (Å²) in [7, 11) is 0. The van der Waals surface area contributed by atoms with Crippen LogP contribution >= 0.6 is 0 Å². The fourth-order valence-corrected chi connectivity index (χ4v) is 2.25. The Kier molecular flexibility index (Phi) is 5.96. The van der Waals surface area contributed by atoms with Crippen LogP contribution in [0.5, 0.6) is 0 Å². The maximum absolute atomic E-state index is 10.9. The lowest BCUT2D eigenvalue weighted by Crippen LogP contribution is -2.26. The van der Waals surface area contributed by atoms with E-state index >= 15 is 0 Å². The van der Waals surface area contributed by atoms with Gasteiger partial charge in [0.1, 0.15) is 0 Å². The molecule has 1 aliphatic carbocycles. The van der Waals surface area contributed by atoms with Gasteiger partial charge in [0.2, 0.25) is 5.91 Å². The van der Waals surface area contributed by atoms with Crippen LogP contribution in [0, 0.1) is 11.8 Å². The molecule has 18 heavy (non-hydrogen) atoms. The number of hydrogen-bond donors (Lipinski definition) is 1. The minimum Gasteiger partial charge on any atom is -0.498 e. The Balaban J connectivity index is 2.62. The molecule has 0 saturated heterocycles. The molecule has 0 bridgehead atoms. The molecule has 3 heteroatoms. The van der Waals surface area contributed by atoms with Crippen molar-refractivity contribution in [3.63, 3.8) is 0 Å². The molecule has 0 aromatic rings. The van der Waals surface area contributed by atoms with Gasteiger partial charge in [-0.2, -0.15) is 0 Å². The summed E-state index contributed by atoms with van der Waals surface area (Å²) in [5.41, 5.74) is 1.42. The summed E-state index contributed by atoms with van der Waals surface area (Å²) in [5, 5.41) is 2.89. The third-order valence-electron chi connectivity index (χ3n) is 3.29. The first-order valence-electron chi connectivity index (χ1n) is 6.82. The van der Waals surface area contributed by atoms with Crippen molar-refractivity contribution in [1.29, 1.82) is 0 Å². The van der Waals surface area contributed by atoms with Crippen molar-refractivity contribution in [1.82, 2.24) is 5.32 Å². The average Bonchev–Trinajstić information content (AvgIpc) is 2.50. The standard InChI is InChI=1S/C15H25NO2/c1-5-18-15-8-6-7-14(9-11(15)2)12(3)10-16-13(4)17/h8-9,11-12H,5-7,10H2,1-4H3,(H,16,17)/t11?,12-/m0/s1. The van der Waals surface area contributed by atoms with Crippen LogP contribution < -0.4 is 5.32 Å². The molecule has 0 spiro atoms. The van der Waals surface area contributed by atoms with Gasteiger partial charge in [0.15, 0.2) is 0 Å². The molecule has 0 fully saturated rings. The molecule has 1 amide bonds. The molecule has 2 atom stereocenters. The fraction of sp³-hybridized carbons (Fsp3) is 0.667. The van der Waals surface area contributed by atoms with E-state index in [1.807, 2.05) is 6.92 Å². The summed E-state index contributed by atoms with van der Waals surface area (Å²) in [6.45, 7) is 9.35. The van der Waals surface area contributed by atoms with Crippen molar-refractivity contribution in [3.8, 4) is 0 Å². The Morgan fingerprint density at radius 2 is 2.33 bits per heavy atom. The van der Waals surface area contributed by atoms with Gasteiger partial charge in [0.25, 0.3) is 0 Å². The van der Waals surface area contributed by atoms with Gasteiger partial charge in [-0.25, -0.2) is 0 Å². The van der Waals surface area contributed by atoms with Crippen LogP contribution in [0.25, 0.3) is 0 Å². The van der Waals surface area contributed by atoms with Crippen molar-refractivity contribution >= 4 is 5.91 Å². The highest BCUT2D eigenvalue weighted by Gasteiger charge is 2.16. The van der Waals surface area contributed by atoms with Crippen LogP contribution in [0.3, 0.4) is 0 Å². The van der Waals surface area contributed by atoms with E-state index < -0.39 is 0 Å². The molecular weight excluding hydrogens is 226 g/mol. The summed E-state index contributed by atoms with van der Waals surface area (Å²) >= 11 is 0. The number of allylic oxidation sites excluding steroid dienone is 2. The van der Waals surface area contributed by atoms with Gasteiger partial charge >= 0.3 is 0 Å². The van der Waals surface area contributed by atoms with Gasteiger partial charge in [0, 0.05) is 19.4 Å². The SMILES string of the molecule is CCOC1=CCCC([C@@H](C)CNC(C)=O)=CC1C. The predicted molar refractivity (Wildman–Crippen MR) is 74.0 cm³/mol. The van der Waals surface area contributed by atoms with E-state index in [0.29, 0.717) is 11.8 Å². The second-order valence-electron chi connectivity index (χ2n) is 4.95. The number of amides is 1. The first-order valence-corrected chi connectivity index (χ1v) is 6.82. The quantitative estimate of drug-likeness (QED) is 0.763. The molecule has 0 saturated carbocycles. The number of ether oxygens (including phenoxy) is 1. The molecule has 0 radical (unpaired) electrons. The van der Waals surface area contributed by atoms with Crippen molar-refractivity contribution < 1.29 is 9.53 Å². The predicted octanol–water partition coefficient (Wildman–Crippen LogP) is 3.04. The molecule has 1 aliphatic rings. The molecule has 0 aliphatic heterocycles. The number of nitrogens with one attached hydrogen (secondary N) is 1. The zero-order valence-electron chi connectivity index (χ0n) is 12.0. The van der Waals surface area contributed by atoms with E-state index in [9.17, 15) is 4.79 Å². The molecule has 0 aromatic carbocycles. The minimum absolute atomic E-state index is 0.0391. The highest BCUT2D eigenvalue weighted by molar-refractivity contribution is 5.72. The van der Waals surface area contributed by atoms with Crippen molar-refractivity contribution in [3.05, 3.63) is 23.5 Å². The fourth-order valence-electron chi connectivity index (χ4n) is 2.25. The molecular formula is C15H25NO2. The summed E-state index contributed by atoms with van der Waals surface area (Å²) in [5.74, 6) is 1.85. The van der Waals surface area contributed by atoms with Crippen LogP contribution in [0.4, 0.5) is 0 Å². The van der Waals surface area contributed by atoms with Gasteiger partial charge in [-0.05, 0) is 31.8 Å². The largest absolute Gasteiger partial charge is 0.498 e. The smallest absolute Gasteiger partial charge is 0.216 e. The van der Waals surface area contributed by atoms with Crippen LogP contribution in [-0.4, -0.2) is 19.1 Å². The number of rotatable bonds is 5. The highest BCUT2D eigenvalue weighted by Crippen LogP contribution is 2.27. The molecule has 102 valence electrons. The molecule has 0 heterocycles. The Morgan fingerprint density at radius 1 is 1.61 bits per heavy atom. The zero-order valence-corrected chi connectivity index (χ0v) is 12.0. The second-order valence-corrected chi connectivity index (χ2v) is 4.95. The van der Waals surface area contributed by atoms with Crippen LogP contribution in [0.15, 0.2) is 23.5 Å². The van der Waals surface area contributed by atoms with E-state index in [2.05, 4.69) is 31.3 Å². The third kappa shape index (κ3) is 4.55. The normalized spacial score (nSPS) is 21.4. The minimum atomic E-state index is 0.0391. The number of hydrogen-bond acceptors (Lipinski definition) is 2. The van der Waals surface area contributed by atoms with E-state index in [4.69, 9.17) is 4.74 Å². The number of carbonyl (C=O) groups is 1. The first-order chi connectivity index (χ1) is 8.54. The lowest BCUT2D eigenvalue weighted by Gasteiger charge is -2.17. The highest BCUT2D eigenvalue weighted by atomic mass is 16.5. The second kappa shape index (κ2) is 7.24. The third-order valence-corrected chi connectivity index (χ3v) is 3.29.